The lowest BCUT2D eigenvalue weighted by Crippen LogP contribution is -2.49. The van der Waals surface area contributed by atoms with Crippen molar-refractivity contribution in [1.29, 1.82) is 0 Å². The van der Waals surface area contributed by atoms with E-state index in [0.29, 0.717) is 18.7 Å². The fourth-order valence-electron chi connectivity index (χ4n) is 3.63. The van der Waals surface area contributed by atoms with Gasteiger partial charge in [0.25, 0.3) is 5.91 Å². The van der Waals surface area contributed by atoms with E-state index in [-0.39, 0.29) is 11.9 Å². The molecule has 146 valence electrons. The molecule has 1 amide bonds. The largest absolute Gasteiger partial charge is 0.348 e. The molecule has 1 saturated heterocycles. The van der Waals surface area contributed by atoms with Crippen molar-refractivity contribution < 1.29 is 13.2 Å². The van der Waals surface area contributed by atoms with Crippen LogP contribution in [0.2, 0.25) is 0 Å². The molecule has 1 unspecified atom stereocenters. The van der Waals surface area contributed by atoms with Crippen LogP contribution in [-0.2, 0) is 10.0 Å². The van der Waals surface area contributed by atoms with E-state index in [1.54, 1.807) is 0 Å². The number of carbonyl (C=O) groups excluding carboxylic acids is 1. The first-order chi connectivity index (χ1) is 12.7. The van der Waals surface area contributed by atoms with Gasteiger partial charge in [0.15, 0.2) is 0 Å². The van der Waals surface area contributed by atoms with E-state index in [0.717, 1.165) is 34.4 Å². The SMILES string of the molecule is Cc1cc(C(=O)NC2CCCN(S(C)(=O)=O)C2)c(C)n1-c1cccc(Br)c1. The molecular weight excluding hydrogens is 430 g/mol. The van der Waals surface area contributed by atoms with Crippen molar-refractivity contribution in [3.63, 3.8) is 0 Å². The zero-order valence-corrected chi connectivity index (χ0v) is 18.1. The lowest BCUT2D eigenvalue weighted by molar-refractivity contribution is 0.0921. The van der Waals surface area contributed by atoms with Crippen molar-refractivity contribution in [3.05, 3.63) is 51.8 Å². The third-order valence-electron chi connectivity index (χ3n) is 4.93. The summed E-state index contributed by atoms with van der Waals surface area (Å²) in [6.45, 7) is 4.74. The highest BCUT2D eigenvalue weighted by Gasteiger charge is 2.28. The van der Waals surface area contributed by atoms with Crippen molar-refractivity contribution in [2.75, 3.05) is 19.3 Å². The molecule has 2 heterocycles. The van der Waals surface area contributed by atoms with E-state index in [9.17, 15) is 13.2 Å². The summed E-state index contributed by atoms with van der Waals surface area (Å²) in [6, 6.07) is 9.63. The number of aromatic nitrogens is 1. The molecule has 6 nitrogen and oxygen atoms in total. The minimum absolute atomic E-state index is 0.162. The molecule has 1 aliphatic rings. The summed E-state index contributed by atoms with van der Waals surface area (Å²) < 4.78 is 28.0. The van der Waals surface area contributed by atoms with Gasteiger partial charge in [-0.05, 0) is 51.0 Å². The highest BCUT2D eigenvalue weighted by atomic mass is 79.9. The number of hydrogen-bond acceptors (Lipinski definition) is 3. The molecule has 0 spiro atoms. The van der Waals surface area contributed by atoms with Gasteiger partial charge in [-0.25, -0.2) is 12.7 Å². The molecule has 0 aliphatic carbocycles. The Morgan fingerprint density at radius 1 is 1.26 bits per heavy atom. The Bertz CT molecular complexity index is 969. The van der Waals surface area contributed by atoms with E-state index in [1.807, 2.05) is 48.7 Å². The van der Waals surface area contributed by atoms with Gasteiger partial charge in [0, 0.05) is 40.7 Å². The predicted molar refractivity (Wildman–Crippen MR) is 110 cm³/mol. The van der Waals surface area contributed by atoms with Crippen LogP contribution in [-0.4, -0.2) is 48.6 Å². The third-order valence-corrected chi connectivity index (χ3v) is 6.69. The fraction of sp³-hybridized carbons (Fsp3) is 0.421. The number of hydrogen-bond donors (Lipinski definition) is 1. The maximum Gasteiger partial charge on any atom is 0.253 e. The number of halogens is 1. The van der Waals surface area contributed by atoms with E-state index >= 15 is 0 Å². The summed E-state index contributed by atoms with van der Waals surface area (Å²) in [5, 5.41) is 3.01. The van der Waals surface area contributed by atoms with Crippen molar-refractivity contribution in [3.8, 4) is 5.69 Å². The van der Waals surface area contributed by atoms with Crippen molar-refractivity contribution in [2.45, 2.75) is 32.7 Å². The molecule has 1 aromatic carbocycles. The highest BCUT2D eigenvalue weighted by molar-refractivity contribution is 9.10. The minimum Gasteiger partial charge on any atom is -0.348 e. The first kappa shape index (κ1) is 20.1. The molecule has 0 saturated carbocycles. The van der Waals surface area contributed by atoms with Crippen LogP contribution in [0.1, 0.15) is 34.6 Å². The minimum atomic E-state index is -3.24. The molecule has 1 atom stereocenters. The molecular formula is C19H24BrN3O3S. The number of piperidine rings is 1. The van der Waals surface area contributed by atoms with E-state index in [4.69, 9.17) is 0 Å². The summed E-state index contributed by atoms with van der Waals surface area (Å²) in [5.41, 5.74) is 3.43. The molecule has 1 aliphatic heterocycles. The van der Waals surface area contributed by atoms with Gasteiger partial charge in [0.2, 0.25) is 10.0 Å². The summed E-state index contributed by atoms with van der Waals surface area (Å²) in [7, 11) is -3.24. The van der Waals surface area contributed by atoms with Crippen LogP contribution in [0.5, 0.6) is 0 Å². The van der Waals surface area contributed by atoms with Gasteiger partial charge in [-0.1, -0.05) is 22.0 Å². The van der Waals surface area contributed by atoms with Crippen LogP contribution < -0.4 is 5.32 Å². The molecule has 1 N–H and O–H groups in total. The zero-order valence-electron chi connectivity index (χ0n) is 15.7. The van der Waals surface area contributed by atoms with Gasteiger partial charge in [-0.3, -0.25) is 4.79 Å². The number of carbonyl (C=O) groups is 1. The van der Waals surface area contributed by atoms with Crippen LogP contribution in [0, 0.1) is 13.8 Å². The van der Waals surface area contributed by atoms with Crippen LogP contribution in [0.15, 0.2) is 34.8 Å². The Balaban J connectivity index is 1.81. The normalized spacial score (nSPS) is 18.4. The molecule has 0 radical (unpaired) electrons. The summed E-state index contributed by atoms with van der Waals surface area (Å²) in [5.74, 6) is -0.162. The second-order valence-corrected chi connectivity index (χ2v) is 9.93. The van der Waals surface area contributed by atoms with Gasteiger partial charge in [0.05, 0.1) is 11.8 Å². The van der Waals surface area contributed by atoms with Crippen molar-refractivity contribution >= 4 is 31.9 Å². The molecule has 27 heavy (non-hydrogen) atoms. The zero-order chi connectivity index (χ0) is 19.8. The van der Waals surface area contributed by atoms with E-state index in [2.05, 4.69) is 21.2 Å². The van der Waals surface area contributed by atoms with Gasteiger partial charge in [-0.2, -0.15) is 0 Å². The summed E-state index contributed by atoms with van der Waals surface area (Å²) in [6.07, 6.45) is 2.74. The van der Waals surface area contributed by atoms with Crippen LogP contribution in [0.3, 0.4) is 0 Å². The van der Waals surface area contributed by atoms with Gasteiger partial charge >= 0.3 is 0 Å². The molecule has 2 aromatic rings. The average molecular weight is 454 g/mol. The Morgan fingerprint density at radius 3 is 2.67 bits per heavy atom. The standard InChI is InChI=1S/C19H24BrN3O3S/c1-13-10-18(14(2)23(13)17-8-4-6-15(20)11-17)19(24)21-16-7-5-9-22(12-16)27(3,25)26/h4,6,8,10-11,16H,5,7,9,12H2,1-3H3,(H,21,24). The maximum absolute atomic E-state index is 12.9. The number of aryl methyl sites for hydroxylation is 1. The Morgan fingerprint density at radius 2 is 2.00 bits per heavy atom. The number of rotatable bonds is 4. The number of nitrogens with zero attached hydrogens (tertiary/aromatic N) is 2. The molecule has 1 aromatic heterocycles. The third kappa shape index (κ3) is 4.44. The molecule has 3 rings (SSSR count). The van der Waals surface area contributed by atoms with Crippen molar-refractivity contribution in [1.82, 2.24) is 14.2 Å². The van der Waals surface area contributed by atoms with Crippen LogP contribution >= 0.6 is 15.9 Å². The molecule has 0 bridgehead atoms. The summed E-state index contributed by atoms with van der Waals surface area (Å²) >= 11 is 3.49. The topological polar surface area (TPSA) is 71.4 Å². The molecule has 1 fully saturated rings. The highest BCUT2D eigenvalue weighted by Crippen LogP contribution is 2.23. The summed E-state index contributed by atoms with van der Waals surface area (Å²) in [4.78, 5) is 12.9. The van der Waals surface area contributed by atoms with E-state index < -0.39 is 10.0 Å². The Hall–Kier alpha value is -1.64. The number of benzene rings is 1. The van der Waals surface area contributed by atoms with Gasteiger partial charge in [-0.15, -0.1) is 0 Å². The maximum atomic E-state index is 12.9. The van der Waals surface area contributed by atoms with Gasteiger partial charge < -0.3 is 9.88 Å². The predicted octanol–water partition coefficient (Wildman–Crippen LogP) is 3.01. The Kier molecular flexibility index (Phi) is 5.79. The van der Waals surface area contributed by atoms with Crippen LogP contribution in [0.4, 0.5) is 0 Å². The van der Waals surface area contributed by atoms with Gasteiger partial charge in [0.1, 0.15) is 0 Å². The van der Waals surface area contributed by atoms with Crippen molar-refractivity contribution in [2.24, 2.45) is 0 Å². The lowest BCUT2D eigenvalue weighted by atomic mass is 10.1. The fourth-order valence-corrected chi connectivity index (χ4v) is 4.93. The quantitative estimate of drug-likeness (QED) is 0.772. The first-order valence-corrected chi connectivity index (χ1v) is 11.5. The smallest absolute Gasteiger partial charge is 0.253 e. The number of nitrogens with one attached hydrogen (secondary N) is 1. The lowest BCUT2D eigenvalue weighted by Gasteiger charge is -2.31. The monoisotopic (exact) mass is 453 g/mol. The van der Waals surface area contributed by atoms with Crippen LogP contribution in [0.25, 0.3) is 5.69 Å². The van der Waals surface area contributed by atoms with E-state index in [1.165, 1.54) is 10.6 Å². The average Bonchev–Trinajstić information content (AvgIpc) is 2.89. The Labute approximate surface area is 168 Å². The second kappa shape index (κ2) is 7.77. The molecule has 8 heteroatoms. The number of amides is 1. The number of sulfonamides is 1. The second-order valence-electron chi connectivity index (χ2n) is 7.03. The first-order valence-electron chi connectivity index (χ1n) is 8.87.